The second-order valence-electron chi connectivity index (χ2n) is 5.46. The molecule has 0 aliphatic rings. The van der Waals surface area contributed by atoms with Gasteiger partial charge in [-0.1, -0.05) is 31.5 Å². The molecule has 0 fully saturated rings. The number of hydrogen-bond donors (Lipinski definition) is 1. The van der Waals surface area contributed by atoms with E-state index in [1.54, 1.807) is 13.8 Å². The second kappa shape index (κ2) is 5.34. The molecule has 0 heterocycles. The predicted molar refractivity (Wildman–Crippen MR) is 73.4 cm³/mol. The minimum atomic E-state index is -1.00. The fraction of sp³-hybridized carbons (Fsp3) is 0.467. The minimum Gasteiger partial charge on any atom is -0.325 e. The molecular weight excluding hydrogens is 226 g/mol. The number of hydrogen-bond acceptors (Lipinski definition) is 2. The van der Waals surface area contributed by atoms with Crippen LogP contribution in [0.2, 0.25) is 0 Å². The predicted octanol–water partition coefficient (Wildman–Crippen LogP) is 3.18. The van der Waals surface area contributed by atoms with Crippen molar-refractivity contribution in [1.29, 1.82) is 0 Å². The summed E-state index contributed by atoms with van der Waals surface area (Å²) in [4.78, 5) is 24.1. The normalized spacial score (nSPS) is 11.4. The van der Waals surface area contributed by atoms with Crippen molar-refractivity contribution in [3.05, 3.63) is 29.8 Å². The highest BCUT2D eigenvalue weighted by Crippen LogP contribution is 2.23. The molecule has 3 heteroatoms. The summed E-state index contributed by atoms with van der Waals surface area (Å²) in [6.07, 6.45) is 0. The molecule has 0 aromatic heterocycles. The van der Waals surface area contributed by atoms with Crippen LogP contribution in [0.15, 0.2) is 24.3 Å². The summed E-state index contributed by atoms with van der Waals surface area (Å²) >= 11 is 0. The molecular formula is C15H21NO2. The molecule has 3 nitrogen and oxygen atoms in total. The van der Waals surface area contributed by atoms with Gasteiger partial charge in [0.15, 0.2) is 0 Å². The number of anilines is 1. The summed E-state index contributed by atoms with van der Waals surface area (Å²) in [6, 6.07) is 7.52. The standard InChI is InChI=1S/C15H21NO2/c1-10(2)13(17)15(4,5)14(18)16-12-8-6-11(3)7-9-12/h6-10H,1-5H3,(H,16,18). The van der Waals surface area contributed by atoms with E-state index in [0.717, 1.165) is 11.3 Å². The van der Waals surface area contributed by atoms with Gasteiger partial charge in [-0.15, -0.1) is 0 Å². The lowest BCUT2D eigenvalue weighted by Crippen LogP contribution is -2.40. The number of benzene rings is 1. The molecule has 1 N–H and O–H groups in total. The zero-order valence-corrected chi connectivity index (χ0v) is 11.7. The van der Waals surface area contributed by atoms with Crippen molar-refractivity contribution in [3.8, 4) is 0 Å². The molecule has 1 aromatic rings. The van der Waals surface area contributed by atoms with Gasteiger partial charge in [0, 0.05) is 11.6 Å². The van der Waals surface area contributed by atoms with Crippen LogP contribution in [0.25, 0.3) is 0 Å². The maximum absolute atomic E-state index is 12.1. The lowest BCUT2D eigenvalue weighted by Gasteiger charge is -2.24. The Morgan fingerprint density at radius 3 is 2.06 bits per heavy atom. The molecule has 0 aliphatic heterocycles. The Bertz CT molecular complexity index is 444. The molecule has 0 saturated heterocycles. The SMILES string of the molecule is Cc1ccc(NC(=O)C(C)(C)C(=O)C(C)C)cc1. The van der Waals surface area contributed by atoms with E-state index in [1.807, 2.05) is 45.0 Å². The van der Waals surface area contributed by atoms with Crippen molar-refractivity contribution in [2.45, 2.75) is 34.6 Å². The highest BCUT2D eigenvalue weighted by molar-refractivity contribution is 6.11. The Morgan fingerprint density at radius 2 is 1.61 bits per heavy atom. The smallest absolute Gasteiger partial charge is 0.237 e. The van der Waals surface area contributed by atoms with Crippen molar-refractivity contribution >= 4 is 17.4 Å². The number of ketones is 1. The van der Waals surface area contributed by atoms with Gasteiger partial charge in [0.05, 0.1) is 0 Å². The van der Waals surface area contributed by atoms with E-state index < -0.39 is 5.41 Å². The van der Waals surface area contributed by atoms with Crippen LogP contribution in [0.4, 0.5) is 5.69 Å². The summed E-state index contributed by atoms with van der Waals surface area (Å²) < 4.78 is 0. The van der Waals surface area contributed by atoms with E-state index in [4.69, 9.17) is 0 Å². The summed E-state index contributed by atoms with van der Waals surface area (Å²) in [5.74, 6) is -0.457. The third-order valence-electron chi connectivity index (χ3n) is 3.02. The van der Waals surface area contributed by atoms with Crippen LogP contribution in [0.5, 0.6) is 0 Å². The average molecular weight is 247 g/mol. The number of carbonyl (C=O) groups excluding carboxylic acids is 2. The molecule has 0 bridgehead atoms. The fourth-order valence-electron chi connectivity index (χ4n) is 1.76. The number of carbonyl (C=O) groups is 2. The van der Waals surface area contributed by atoms with E-state index >= 15 is 0 Å². The van der Waals surface area contributed by atoms with E-state index in [0.29, 0.717) is 0 Å². The number of rotatable bonds is 4. The monoisotopic (exact) mass is 247 g/mol. The van der Waals surface area contributed by atoms with Crippen LogP contribution in [0.3, 0.4) is 0 Å². The van der Waals surface area contributed by atoms with Crippen LogP contribution in [0.1, 0.15) is 33.3 Å². The van der Waals surface area contributed by atoms with Gasteiger partial charge in [-0.25, -0.2) is 0 Å². The molecule has 1 rings (SSSR count). The van der Waals surface area contributed by atoms with Crippen molar-refractivity contribution in [3.63, 3.8) is 0 Å². The Hall–Kier alpha value is -1.64. The lowest BCUT2D eigenvalue weighted by atomic mass is 9.81. The van der Waals surface area contributed by atoms with E-state index in [2.05, 4.69) is 5.32 Å². The Labute approximate surface area is 109 Å². The molecule has 0 spiro atoms. The van der Waals surface area contributed by atoms with Crippen molar-refractivity contribution < 1.29 is 9.59 Å². The lowest BCUT2D eigenvalue weighted by molar-refractivity contribution is -0.139. The first-order valence-corrected chi connectivity index (χ1v) is 6.17. The number of nitrogens with one attached hydrogen (secondary N) is 1. The topological polar surface area (TPSA) is 46.2 Å². The molecule has 0 aliphatic carbocycles. The first-order valence-electron chi connectivity index (χ1n) is 6.17. The molecule has 1 aromatic carbocycles. The van der Waals surface area contributed by atoms with Gasteiger partial charge in [-0.3, -0.25) is 9.59 Å². The van der Waals surface area contributed by atoms with E-state index in [1.165, 1.54) is 0 Å². The largest absolute Gasteiger partial charge is 0.325 e. The summed E-state index contributed by atoms with van der Waals surface area (Å²) in [5.41, 5.74) is 0.847. The molecule has 0 unspecified atom stereocenters. The summed E-state index contributed by atoms with van der Waals surface area (Å²) in [5, 5.41) is 2.79. The van der Waals surface area contributed by atoms with Crippen LogP contribution in [-0.2, 0) is 9.59 Å². The van der Waals surface area contributed by atoms with Gasteiger partial charge in [0.2, 0.25) is 5.91 Å². The zero-order valence-electron chi connectivity index (χ0n) is 11.7. The first kappa shape index (κ1) is 14.4. The maximum Gasteiger partial charge on any atom is 0.237 e. The van der Waals surface area contributed by atoms with Gasteiger partial charge in [0.1, 0.15) is 11.2 Å². The highest BCUT2D eigenvalue weighted by atomic mass is 16.2. The molecule has 18 heavy (non-hydrogen) atoms. The van der Waals surface area contributed by atoms with Crippen LogP contribution in [0, 0.1) is 18.3 Å². The van der Waals surface area contributed by atoms with Crippen LogP contribution >= 0.6 is 0 Å². The first-order chi connectivity index (χ1) is 8.25. The maximum atomic E-state index is 12.1. The second-order valence-corrected chi connectivity index (χ2v) is 5.46. The van der Waals surface area contributed by atoms with E-state index in [9.17, 15) is 9.59 Å². The van der Waals surface area contributed by atoms with Crippen molar-refractivity contribution in [2.24, 2.45) is 11.3 Å². The third kappa shape index (κ3) is 3.19. The zero-order chi connectivity index (χ0) is 13.9. The minimum absolute atomic E-state index is 0.0490. The number of Topliss-reactive ketones (excluding diaryl/α,β-unsaturated/α-hetero) is 1. The quantitative estimate of drug-likeness (QED) is 0.830. The van der Waals surface area contributed by atoms with Crippen molar-refractivity contribution in [2.75, 3.05) is 5.32 Å². The molecule has 0 saturated carbocycles. The van der Waals surface area contributed by atoms with Crippen LogP contribution < -0.4 is 5.32 Å². The van der Waals surface area contributed by atoms with Gasteiger partial charge in [-0.05, 0) is 32.9 Å². The Balaban J connectivity index is 2.82. The van der Waals surface area contributed by atoms with Gasteiger partial charge >= 0.3 is 0 Å². The van der Waals surface area contributed by atoms with Crippen LogP contribution in [-0.4, -0.2) is 11.7 Å². The highest BCUT2D eigenvalue weighted by Gasteiger charge is 2.37. The number of amides is 1. The average Bonchev–Trinajstić information content (AvgIpc) is 2.30. The van der Waals surface area contributed by atoms with Gasteiger partial charge in [-0.2, -0.15) is 0 Å². The van der Waals surface area contributed by atoms with Gasteiger partial charge in [0.25, 0.3) is 0 Å². The molecule has 98 valence electrons. The van der Waals surface area contributed by atoms with Crippen molar-refractivity contribution in [1.82, 2.24) is 0 Å². The van der Waals surface area contributed by atoms with E-state index in [-0.39, 0.29) is 17.6 Å². The number of aryl methyl sites for hydroxylation is 1. The van der Waals surface area contributed by atoms with Gasteiger partial charge < -0.3 is 5.32 Å². The summed E-state index contributed by atoms with van der Waals surface area (Å²) in [6.45, 7) is 8.93. The molecule has 0 atom stereocenters. The Morgan fingerprint density at radius 1 is 1.11 bits per heavy atom. The third-order valence-corrected chi connectivity index (χ3v) is 3.02. The molecule has 1 amide bonds. The summed E-state index contributed by atoms with van der Waals surface area (Å²) in [7, 11) is 0. The fourth-order valence-corrected chi connectivity index (χ4v) is 1.76. The molecule has 0 radical (unpaired) electrons. The Kier molecular flexibility index (Phi) is 4.28.